The van der Waals surface area contributed by atoms with Crippen molar-refractivity contribution in [2.24, 2.45) is 5.92 Å². The van der Waals surface area contributed by atoms with Crippen molar-refractivity contribution in [3.05, 3.63) is 35.4 Å². The molecule has 2 fully saturated rings. The van der Waals surface area contributed by atoms with Crippen LogP contribution in [0.5, 0.6) is 0 Å². The summed E-state index contributed by atoms with van der Waals surface area (Å²) in [7, 11) is -3.08. The zero-order valence-corrected chi connectivity index (χ0v) is 17.2. The number of piperidine rings is 1. The molecule has 0 radical (unpaired) electrons. The molecule has 2 saturated heterocycles. The van der Waals surface area contributed by atoms with E-state index < -0.39 is 34.4 Å². The molecule has 0 bridgehead atoms. The molecule has 1 aromatic rings. The van der Waals surface area contributed by atoms with E-state index in [1.807, 2.05) is 25.1 Å². The molecule has 0 spiro atoms. The number of rotatable bonds is 5. The lowest BCUT2D eigenvalue weighted by Gasteiger charge is -2.31. The molecule has 0 aromatic heterocycles. The van der Waals surface area contributed by atoms with Crippen molar-refractivity contribution in [2.45, 2.75) is 32.2 Å². The lowest BCUT2D eigenvalue weighted by atomic mass is 9.96. The van der Waals surface area contributed by atoms with Gasteiger partial charge in [-0.2, -0.15) is 0 Å². The second kappa shape index (κ2) is 8.94. The van der Waals surface area contributed by atoms with Gasteiger partial charge in [-0.1, -0.05) is 18.2 Å². The number of aryl methyl sites for hydroxylation is 1. The fourth-order valence-electron chi connectivity index (χ4n) is 3.73. The molecule has 2 aliphatic heterocycles. The van der Waals surface area contributed by atoms with Crippen molar-refractivity contribution < 1.29 is 27.5 Å². The summed E-state index contributed by atoms with van der Waals surface area (Å²) in [6.45, 7) is 2.39. The van der Waals surface area contributed by atoms with Crippen LogP contribution in [0.3, 0.4) is 0 Å². The first-order valence-corrected chi connectivity index (χ1v) is 11.6. The number of likely N-dealkylation sites (tertiary alicyclic amines) is 1. The Labute approximate surface area is 170 Å². The van der Waals surface area contributed by atoms with Gasteiger partial charge in [0.05, 0.1) is 17.4 Å². The van der Waals surface area contributed by atoms with Gasteiger partial charge < -0.3 is 15.0 Å². The Kier molecular flexibility index (Phi) is 6.56. The molecule has 9 heteroatoms. The molecular formula is C20H26N2O6S. The highest BCUT2D eigenvalue weighted by Crippen LogP contribution is 2.21. The highest BCUT2D eigenvalue weighted by Gasteiger charge is 2.31. The molecule has 3 rings (SSSR count). The molecule has 158 valence electrons. The number of carbonyl (C=O) groups is 3. The molecule has 2 aliphatic rings. The van der Waals surface area contributed by atoms with Crippen LogP contribution in [-0.2, 0) is 24.2 Å². The number of esters is 1. The van der Waals surface area contributed by atoms with Crippen molar-refractivity contribution in [1.82, 2.24) is 10.2 Å². The Morgan fingerprint density at radius 3 is 2.45 bits per heavy atom. The molecule has 0 unspecified atom stereocenters. The lowest BCUT2D eigenvalue weighted by molar-refractivity contribution is -0.154. The van der Waals surface area contributed by atoms with E-state index in [0.717, 1.165) is 5.56 Å². The van der Waals surface area contributed by atoms with Crippen molar-refractivity contribution in [3.8, 4) is 0 Å². The van der Waals surface area contributed by atoms with E-state index in [1.54, 1.807) is 11.0 Å². The normalized spacial score (nSPS) is 21.6. The summed E-state index contributed by atoms with van der Waals surface area (Å²) in [5.41, 5.74) is 1.58. The topological polar surface area (TPSA) is 110 Å². The maximum atomic E-state index is 12.6. The van der Waals surface area contributed by atoms with Crippen LogP contribution < -0.4 is 5.32 Å². The van der Waals surface area contributed by atoms with Crippen LogP contribution in [0.25, 0.3) is 0 Å². The Balaban J connectivity index is 1.41. The number of benzene rings is 1. The molecule has 2 heterocycles. The monoisotopic (exact) mass is 422 g/mol. The molecule has 29 heavy (non-hydrogen) atoms. The summed E-state index contributed by atoms with van der Waals surface area (Å²) in [5.74, 6) is -1.34. The Bertz CT molecular complexity index is 890. The largest absolute Gasteiger partial charge is 0.455 e. The highest BCUT2D eigenvalue weighted by molar-refractivity contribution is 7.91. The summed E-state index contributed by atoms with van der Waals surface area (Å²) < 4.78 is 27.9. The van der Waals surface area contributed by atoms with E-state index in [4.69, 9.17) is 4.74 Å². The van der Waals surface area contributed by atoms with Gasteiger partial charge in [-0.25, -0.2) is 8.42 Å². The van der Waals surface area contributed by atoms with E-state index in [2.05, 4.69) is 5.32 Å². The number of sulfone groups is 1. The molecule has 1 aromatic carbocycles. The van der Waals surface area contributed by atoms with E-state index in [9.17, 15) is 22.8 Å². The Hall–Kier alpha value is -2.42. The molecule has 8 nitrogen and oxygen atoms in total. The maximum absolute atomic E-state index is 12.6. The number of amides is 2. The summed E-state index contributed by atoms with van der Waals surface area (Å²) in [6.07, 6.45) is 1.35. The van der Waals surface area contributed by atoms with Gasteiger partial charge in [0.2, 0.25) is 0 Å². The van der Waals surface area contributed by atoms with Gasteiger partial charge >= 0.3 is 5.97 Å². The number of nitrogens with zero attached hydrogens (tertiary/aromatic N) is 1. The Morgan fingerprint density at radius 1 is 1.14 bits per heavy atom. The summed E-state index contributed by atoms with van der Waals surface area (Å²) in [4.78, 5) is 38.5. The average molecular weight is 423 g/mol. The van der Waals surface area contributed by atoms with Crippen molar-refractivity contribution in [2.75, 3.05) is 31.2 Å². The highest BCUT2D eigenvalue weighted by atomic mass is 32.2. The predicted octanol–water partition coefficient (Wildman–Crippen LogP) is 0.694. The van der Waals surface area contributed by atoms with Crippen LogP contribution in [0, 0.1) is 12.8 Å². The summed E-state index contributed by atoms with van der Waals surface area (Å²) in [6, 6.07) is 6.99. The van der Waals surface area contributed by atoms with Gasteiger partial charge in [0.25, 0.3) is 11.8 Å². The SMILES string of the molecule is Cc1ccccc1C(=O)N1CCC(C(=O)OCC(=O)N[C@@H]2CCS(=O)(=O)C2)CC1. The lowest BCUT2D eigenvalue weighted by Crippen LogP contribution is -2.42. The smallest absolute Gasteiger partial charge is 0.309 e. The molecule has 0 saturated carbocycles. The van der Waals surface area contributed by atoms with Gasteiger partial charge in [-0.15, -0.1) is 0 Å². The predicted molar refractivity (Wildman–Crippen MR) is 106 cm³/mol. The van der Waals surface area contributed by atoms with Crippen molar-refractivity contribution in [1.29, 1.82) is 0 Å². The molecule has 0 aliphatic carbocycles. The number of carbonyl (C=O) groups excluding carboxylic acids is 3. The third-order valence-corrected chi connectivity index (χ3v) is 7.20. The quantitative estimate of drug-likeness (QED) is 0.700. The molecule has 2 amide bonds. The van der Waals surface area contributed by atoms with Crippen molar-refractivity contribution >= 4 is 27.6 Å². The summed E-state index contributed by atoms with van der Waals surface area (Å²) >= 11 is 0. The average Bonchev–Trinajstić information content (AvgIpc) is 3.04. The van der Waals surface area contributed by atoms with E-state index in [0.29, 0.717) is 37.9 Å². The van der Waals surface area contributed by atoms with Gasteiger partial charge in [0.1, 0.15) is 0 Å². The van der Waals surface area contributed by atoms with Crippen LogP contribution in [0.4, 0.5) is 0 Å². The minimum absolute atomic E-state index is 0.0409. The van der Waals surface area contributed by atoms with Gasteiger partial charge in [0, 0.05) is 24.7 Å². The molecule has 1 N–H and O–H groups in total. The van der Waals surface area contributed by atoms with Crippen LogP contribution in [0.1, 0.15) is 35.2 Å². The van der Waals surface area contributed by atoms with E-state index in [1.165, 1.54) is 0 Å². The van der Waals surface area contributed by atoms with Crippen LogP contribution >= 0.6 is 0 Å². The zero-order valence-electron chi connectivity index (χ0n) is 16.4. The van der Waals surface area contributed by atoms with E-state index >= 15 is 0 Å². The molecular weight excluding hydrogens is 396 g/mol. The number of ether oxygens (including phenoxy) is 1. The fourth-order valence-corrected chi connectivity index (χ4v) is 5.41. The van der Waals surface area contributed by atoms with Gasteiger partial charge in [-0.05, 0) is 37.8 Å². The first-order chi connectivity index (χ1) is 13.7. The maximum Gasteiger partial charge on any atom is 0.309 e. The van der Waals surface area contributed by atoms with Gasteiger partial charge in [-0.3, -0.25) is 14.4 Å². The minimum atomic E-state index is -3.08. The number of hydrogen-bond donors (Lipinski definition) is 1. The second-order valence-electron chi connectivity index (χ2n) is 7.66. The fraction of sp³-hybridized carbons (Fsp3) is 0.550. The minimum Gasteiger partial charge on any atom is -0.455 e. The number of nitrogens with one attached hydrogen (secondary N) is 1. The number of hydrogen-bond acceptors (Lipinski definition) is 6. The zero-order chi connectivity index (χ0) is 21.0. The summed E-state index contributed by atoms with van der Waals surface area (Å²) in [5, 5.41) is 2.59. The van der Waals surface area contributed by atoms with Crippen LogP contribution in [-0.4, -0.2) is 68.3 Å². The second-order valence-corrected chi connectivity index (χ2v) is 9.89. The van der Waals surface area contributed by atoms with Crippen LogP contribution in [0.2, 0.25) is 0 Å². The van der Waals surface area contributed by atoms with Crippen molar-refractivity contribution in [3.63, 3.8) is 0 Å². The van der Waals surface area contributed by atoms with Gasteiger partial charge in [0.15, 0.2) is 16.4 Å². The van der Waals surface area contributed by atoms with Crippen LogP contribution in [0.15, 0.2) is 24.3 Å². The first kappa shape index (κ1) is 21.3. The van der Waals surface area contributed by atoms with E-state index in [-0.39, 0.29) is 23.3 Å². The first-order valence-electron chi connectivity index (χ1n) is 9.76. The molecule has 1 atom stereocenters. The standard InChI is InChI=1S/C20H26N2O6S/c1-14-4-2-3-5-17(14)19(24)22-9-6-15(7-10-22)20(25)28-12-18(23)21-16-8-11-29(26,27)13-16/h2-5,15-16H,6-13H2,1H3,(H,21,23)/t16-/m1/s1. The third kappa shape index (κ3) is 5.56. The Morgan fingerprint density at radius 2 is 1.83 bits per heavy atom. The third-order valence-electron chi connectivity index (χ3n) is 5.43.